The van der Waals surface area contributed by atoms with Gasteiger partial charge in [-0.3, -0.25) is 0 Å². The number of aryl methyl sites for hydroxylation is 1. The van der Waals surface area contributed by atoms with Gasteiger partial charge in [0.25, 0.3) is 5.06 Å². The van der Waals surface area contributed by atoms with E-state index in [1.165, 1.54) is 10.9 Å². The van der Waals surface area contributed by atoms with Crippen LogP contribution in [0.3, 0.4) is 0 Å². The van der Waals surface area contributed by atoms with Crippen LogP contribution >= 0.6 is 11.5 Å². The van der Waals surface area contributed by atoms with E-state index in [0.29, 0.717) is 0 Å². The van der Waals surface area contributed by atoms with Gasteiger partial charge < -0.3 is 28.7 Å². The number of hydrogen-bond donors (Lipinski definition) is 0. The van der Waals surface area contributed by atoms with E-state index in [-0.39, 0.29) is 24.0 Å². The number of aromatic nitrogens is 1. The maximum absolute atomic E-state index is 5.25. The van der Waals surface area contributed by atoms with Crippen molar-refractivity contribution in [1.29, 1.82) is 0 Å². The number of halogens is 1. The molecule has 0 aliphatic rings. The minimum Gasteiger partial charge on any atom is -1.00 e. The second kappa shape index (κ2) is 4.23. The highest BCUT2D eigenvalue weighted by Gasteiger charge is 2.14. The number of hydrogen-bond acceptors (Lipinski definition) is 2. The van der Waals surface area contributed by atoms with Crippen LogP contribution in [0.4, 0.5) is 0 Å². The number of para-hydroxylation sites is 1. The molecular formula is C9H10INOS. The monoisotopic (exact) mass is 307 g/mol. The number of benzene rings is 1. The van der Waals surface area contributed by atoms with Crippen LogP contribution in [0.2, 0.25) is 0 Å². The smallest absolute Gasteiger partial charge is 0.251 e. The number of ether oxygens (including phenoxy) is 1. The van der Waals surface area contributed by atoms with Crippen LogP contribution in [0.1, 0.15) is 0 Å². The molecule has 1 aromatic carbocycles. The molecule has 0 saturated heterocycles. The topological polar surface area (TPSA) is 13.1 Å². The average molecular weight is 307 g/mol. The molecule has 1 heterocycles. The van der Waals surface area contributed by atoms with Gasteiger partial charge in [-0.25, -0.2) is 0 Å². The number of methoxy groups -OCH3 is 1. The van der Waals surface area contributed by atoms with Crippen LogP contribution in [0.5, 0.6) is 5.06 Å². The van der Waals surface area contributed by atoms with E-state index >= 15 is 0 Å². The van der Waals surface area contributed by atoms with E-state index in [9.17, 15) is 0 Å². The number of fused-ring (bicyclic) bond motifs is 1. The van der Waals surface area contributed by atoms with Gasteiger partial charge in [0.15, 0.2) is 18.6 Å². The highest BCUT2D eigenvalue weighted by Crippen LogP contribution is 2.27. The molecule has 0 amide bonds. The van der Waals surface area contributed by atoms with Gasteiger partial charge in [0, 0.05) is 6.07 Å². The maximum Gasteiger partial charge on any atom is 0.251 e. The summed E-state index contributed by atoms with van der Waals surface area (Å²) in [4.78, 5) is 0. The predicted molar refractivity (Wildman–Crippen MR) is 49.6 cm³/mol. The highest BCUT2D eigenvalue weighted by molar-refractivity contribution is 7.05. The Morgan fingerprint density at radius 2 is 2.00 bits per heavy atom. The molecule has 0 saturated carbocycles. The Balaban J connectivity index is 0.000000845. The van der Waals surface area contributed by atoms with Gasteiger partial charge >= 0.3 is 0 Å². The van der Waals surface area contributed by atoms with Gasteiger partial charge in [-0.05, 0) is 6.07 Å². The van der Waals surface area contributed by atoms with E-state index < -0.39 is 0 Å². The third-order valence-electron chi connectivity index (χ3n) is 1.87. The second-order valence-electron chi connectivity index (χ2n) is 2.60. The molecule has 0 atom stereocenters. The lowest BCUT2D eigenvalue weighted by atomic mass is 10.2. The molecule has 2 rings (SSSR count). The first kappa shape index (κ1) is 10.7. The lowest BCUT2D eigenvalue weighted by Gasteiger charge is -1.88. The SMILES string of the molecule is COc1s[n+](C)c2ccccc12.[I-]. The summed E-state index contributed by atoms with van der Waals surface area (Å²) >= 11 is 1.62. The molecule has 0 radical (unpaired) electrons. The van der Waals surface area contributed by atoms with Gasteiger partial charge in [0.05, 0.1) is 7.11 Å². The Morgan fingerprint density at radius 1 is 1.31 bits per heavy atom. The normalized spacial score (nSPS) is 9.69. The minimum atomic E-state index is 0. The number of nitrogens with zero attached hydrogens (tertiary/aromatic N) is 1. The molecule has 2 nitrogen and oxygen atoms in total. The standard InChI is InChI=1S/C9H10NOS.HI/c1-10-8-6-4-3-5-7(8)9(11-2)12-10;/h3-6H,1-2H3;1H/q+1;/p-1. The lowest BCUT2D eigenvalue weighted by molar-refractivity contribution is -0.573. The summed E-state index contributed by atoms with van der Waals surface area (Å²) in [7, 11) is 3.74. The van der Waals surface area contributed by atoms with Crippen LogP contribution < -0.4 is 32.7 Å². The van der Waals surface area contributed by atoms with Crippen LogP contribution in [0.15, 0.2) is 24.3 Å². The van der Waals surface area contributed by atoms with Crippen LogP contribution in [-0.2, 0) is 7.05 Å². The Labute approximate surface area is 98.3 Å². The number of rotatable bonds is 1. The molecule has 0 N–H and O–H groups in total. The zero-order valence-corrected chi connectivity index (χ0v) is 10.4. The fourth-order valence-electron chi connectivity index (χ4n) is 1.29. The summed E-state index contributed by atoms with van der Waals surface area (Å²) < 4.78 is 7.35. The first-order valence-electron chi connectivity index (χ1n) is 3.75. The summed E-state index contributed by atoms with van der Waals surface area (Å²) in [5.41, 5.74) is 1.22. The van der Waals surface area contributed by atoms with Gasteiger partial charge in [-0.2, -0.15) is 0 Å². The Hall–Kier alpha value is -0.360. The van der Waals surface area contributed by atoms with Crippen molar-refractivity contribution in [3.63, 3.8) is 0 Å². The maximum atomic E-state index is 5.25. The molecule has 1 aromatic heterocycles. The van der Waals surface area contributed by atoms with E-state index in [1.54, 1.807) is 18.6 Å². The molecule has 0 unspecified atom stereocenters. The molecule has 2 aromatic rings. The Kier molecular flexibility index (Phi) is 3.49. The fourth-order valence-corrected chi connectivity index (χ4v) is 2.14. The van der Waals surface area contributed by atoms with Crippen molar-refractivity contribution in [2.75, 3.05) is 7.11 Å². The van der Waals surface area contributed by atoms with Crippen molar-refractivity contribution < 1.29 is 32.7 Å². The molecule has 0 bridgehead atoms. The lowest BCUT2D eigenvalue weighted by Crippen LogP contribution is -3.00. The molecule has 0 spiro atoms. The second-order valence-corrected chi connectivity index (χ2v) is 3.70. The van der Waals surface area contributed by atoms with E-state index in [4.69, 9.17) is 4.74 Å². The summed E-state index contributed by atoms with van der Waals surface area (Å²) in [6.07, 6.45) is 0. The van der Waals surface area contributed by atoms with Crippen molar-refractivity contribution in [2.24, 2.45) is 7.05 Å². The fraction of sp³-hybridized carbons (Fsp3) is 0.222. The minimum absolute atomic E-state index is 0. The van der Waals surface area contributed by atoms with Gasteiger partial charge in [-0.15, -0.1) is 3.96 Å². The summed E-state index contributed by atoms with van der Waals surface area (Å²) in [5.74, 6) is 0. The highest BCUT2D eigenvalue weighted by atomic mass is 127. The largest absolute Gasteiger partial charge is 1.00 e. The van der Waals surface area contributed by atoms with Crippen molar-refractivity contribution in [2.45, 2.75) is 0 Å². The Bertz CT molecular complexity index is 413. The van der Waals surface area contributed by atoms with E-state index in [0.717, 1.165) is 5.06 Å². The van der Waals surface area contributed by atoms with Gasteiger partial charge in [-0.1, -0.05) is 12.1 Å². The van der Waals surface area contributed by atoms with Crippen LogP contribution in [0.25, 0.3) is 10.9 Å². The quantitative estimate of drug-likeness (QED) is 0.473. The molecule has 0 fully saturated rings. The zero-order chi connectivity index (χ0) is 8.55. The first-order chi connectivity index (χ1) is 5.83. The predicted octanol–water partition coefficient (Wildman–Crippen LogP) is -1.26. The van der Waals surface area contributed by atoms with Crippen molar-refractivity contribution in [3.8, 4) is 5.06 Å². The average Bonchev–Trinajstić information content (AvgIpc) is 2.44. The summed E-state index contributed by atoms with van der Waals surface area (Å²) in [6.45, 7) is 0. The molecule has 0 aliphatic heterocycles. The molecule has 70 valence electrons. The molecular weight excluding hydrogens is 297 g/mol. The van der Waals surface area contributed by atoms with Crippen LogP contribution in [-0.4, -0.2) is 7.11 Å². The molecule has 0 aliphatic carbocycles. The van der Waals surface area contributed by atoms with E-state index in [2.05, 4.69) is 16.1 Å². The third kappa shape index (κ3) is 1.78. The van der Waals surface area contributed by atoms with Crippen molar-refractivity contribution in [1.82, 2.24) is 0 Å². The summed E-state index contributed by atoms with van der Waals surface area (Å²) in [5, 5.41) is 2.17. The third-order valence-corrected chi connectivity index (χ3v) is 2.89. The summed E-state index contributed by atoms with van der Waals surface area (Å²) in [6, 6.07) is 8.23. The van der Waals surface area contributed by atoms with E-state index in [1.807, 2.05) is 19.2 Å². The Morgan fingerprint density at radius 3 is 2.69 bits per heavy atom. The first-order valence-corrected chi connectivity index (χ1v) is 4.52. The van der Waals surface area contributed by atoms with Gasteiger partial charge in [0.1, 0.15) is 5.39 Å². The van der Waals surface area contributed by atoms with Gasteiger partial charge in [0.2, 0.25) is 5.52 Å². The zero-order valence-electron chi connectivity index (χ0n) is 7.45. The molecule has 13 heavy (non-hydrogen) atoms. The van der Waals surface area contributed by atoms with Crippen molar-refractivity contribution in [3.05, 3.63) is 24.3 Å². The molecule has 4 heteroatoms. The van der Waals surface area contributed by atoms with Crippen LogP contribution in [0, 0.1) is 0 Å². The van der Waals surface area contributed by atoms with Crippen molar-refractivity contribution >= 4 is 22.4 Å².